The van der Waals surface area contributed by atoms with E-state index in [1.807, 2.05) is 48.5 Å². The summed E-state index contributed by atoms with van der Waals surface area (Å²) in [5.74, 6) is -0.181. The summed E-state index contributed by atoms with van der Waals surface area (Å²) in [4.78, 5) is 62.4. The van der Waals surface area contributed by atoms with Gasteiger partial charge in [0.2, 0.25) is 30.5 Å². The molecule has 3 aliphatic carbocycles. The SMILES string of the molecule is CC(=O)N(C=O)CCc1ccc(NC(=O)C23CCC(C(=O)NCCc4ccc(N(C)C=O)cc4)(CC2)CC3)cc1. The zero-order valence-corrected chi connectivity index (χ0v) is 23.3. The Labute approximate surface area is 235 Å². The molecule has 0 atom stereocenters. The van der Waals surface area contributed by atoms with Crippen molar-refractivity contribution in [3.63, 3.8) is 0 Å². The van der Waals surface area contributed by atoms with Gasteiger partial charge in [-0.15, -0.1) is 0 Å². The minimum absolute atomic E-state index is 0.0151. The Kier molecular flexibility index (Phi) is 9.02. The van der Waals surface area contributed by atoms with Crippen LogP contribution >= 0.6 is 0 Å². The molecule has 5 rings (SSSR count). The van der Waals surface area contributed by atoms with Crippen LogP contribution in [0.2, 0.25) is 0 Å². The summed E-state index contributed by atoms with van der Waals surface area (Å²) >= 11 is 0. The highest BCUT2D eigenvalue weighted by molar-refractivity contribution is 5.96. The summed E-state index contributed by atoms with van der Waals surface area (Å²) in [6, 6.07) is 15.2. The van der Waals surface area contributed by atoms with Crippen LogP contribution in [0.5, 0.6) is 0 Å². The molecule has 0 aliphatic heterocycles. The first-order valence-corrected chi connectivity index (χ1v) is 13.9. The average molecular weight is 547 g/mol. The lowest BCUT2D eigenvalue weighted by atomic mass is 9.53. The van der Waals surface area contributed by atoms with Crippen molar-refractivity contribution in [2.75, 3.05) is 30.4 Å². The third kappa shape index (κ3) is 6.41. The number of amides is 5. The van der Waals surface area contributed by atoms with Crippen LogP contribution in [0.25, 0.3) is 0 Å². The Bertz CT molecular complexity index is 1220. The molecule has 9 nitrogen and oxygen atoms in total. The van der Waals surface area contributed by atoms with E-state index in [0.717, 1.165) is 28.1 Å². The quantitative estimate of drug-likeness (QED) is 0.396. The number of benzene rings is 2. The Morgan fingerprint density at radius 2 is 1.30 bits per heavy atom. The lowest BCUT2D eigenvalue weighted by Crippen LogP contribution is -2.53. The van der Waals surface area contributed by atoms with Crippen molar-refractivity contribution in [3.8, 4) is 0 Å². The zero-order chi connectivity index (χ0) is 28.8. The Balaban J connectivity index is 1.24. The molecule has 3 saturated carbocycles. The molecular formula is C31H38N4O5. The number of hydrogen-bond acceptors (Lipinski definition) is 5. The van der Waals surface area contributed by atoms with Crippen molar-refractivity contribution in [1.82, 2.24) is 10.2 Å². The van der Waals surface area contributed by atoms with Crippen LogP contribution in [0.1, 0.15) is 56.6 Å². The second kappa shape index (κ2) is 12.4. The standard InChI is InChI=1S/C31H38N4O5/c1-23(38)35(22-37)20-12-25-3-7-26(8-4-25)33-29(40)31-16-13-30(14-17-31,15-18-31)28(39)32-19-11-24-5-9-27(10-6-24)34(2)21-36/h3-10,21-22H,11-20H2,1-2H3,(H,32,39)(H,33,40). The summed E-state index contributed by atoms with van der Waals surface area (Å²) in [7, 11) is 1.71. The van der Waals surface area contributed by atoms with E-state index in [4.69, 9.17) is 0 Å². The molecule has 9 heteroatoms. The van der Waals surface area contributed by atoms with Gasteiger partial charge >= 0.3 is 0 Å². The zero-order valence-electron chi connectivity index (χ0n) is 23.3. The van der Waals surface area contributed by atoms with Gasteiger partial charge in [0.15, 0.2) is 0 Å². The molecular weight excluding hydrogens is 508 g/mol. The normalized spacial score (nSPS) is 21.2. The summed E-state index contributed by atoms with van der Waals surface area (Å²) in [6.07, 6.45) is 6.79. The number of anilines is 2. The molecule has 40 heavy (non-hydrogen) atoms. The fourth-order valence-corrected chi connectivity index (χ4v) is 5.89. The number of rotatable bonds is 12. The maximum atomic E-state index is 13.3. The number of fused-ring (bicyclic) bond motifs is 3. The highest BCUT2D eigenvalue weighted by atomic mass is 16.2. The Morgan fingerprint density at radius 3 is 1.82 bits per heavy atom. The molecule has 2 aromatic rings. The van der Waals surface area contributed by atoms with Gasteiger partial charge in [-0.3, -0.25) is 28.9 Å². The van der Waals surface area contributed by atoms with Crippen molar-refractivity contribution >= 4 is 41.9 Å². The number of nitrogens with one attached hydrogen (secondary N) is 2. The number of hydrogen-bond donors (Lipinski definition) is 2. The molecule has 212 valence electrons. The minimum Gasteiger partial charge on any atom is -0.355 e. The second-order valence-electron chi connectivity index (χ2n) is 11.2. The smallest absolute Gasteiger partial charge is 0.230 e. The average Bonchev–Trinajstić information content (AvgIpc) is 2.99. The van der Waals surface area contributed by atoms with E-state index in [1.165, 1.54) is 11.8 Å². The van der Waals surface area contributed by atoms with Crippen LogP contribution in [-0.4, -0.2) is 55.6 Å². The van der Waals surface area contributed by atoms with E-state index in [9.17, 15) is 24.0 Å². The van der Waals surface area contributed by atoms with Crippen LogP contribution in [0.15, 0.2) is 48.5 Å². The van der Waals surface area contributed by atoms with Gasteiger partial charge in [0.05, 0.1) is 0 Å². The van der Waals surface area contributed by atoms with Crippen molar-refractivity contribution in [2.45, 2.75) is 58.3 Å². The Morgan fingerprint density at radius 1 is 0.775 bits per heavy atom. The first-order valence-electron chi connectivity index (χ1n) is 13.9. The maximum absolute atomic E-state index is 13.3. The van der Waals surface area contributed by atoms with Crippen LogP contribution in [0.4, 0.5) is 11.4 Å². The van der Waals surface area contributed by atoms with Gasteiger partial charge in [-0.2, -0.15) is 0 Å². The predicted octanol–water partition coefficient (Wildman–Crippen LogP) is 3.46. The van der Waals surface area contributed by atoms with Gasteiger partial charge < -0.3 is 15.5 Å². The molecule has 0 heterocycles. The molecule has 3 aliphatic rings. The van der Waals surface area contributed by atoms with Crippen LogP contribution in [0, 0.1) is 10.8 Å². The number of nitrogens with zero attached hydrogens (tertiary/aromatic N) is 2. The van der Waals surface area contributed by atoms with Crippen molar-refractivity contribution in [3.05, 3.63) is 59.7 Å². The van der Waals surface area contributed by atoms with Crippen LogP contribution in [-0.2, 0) is 36.8 Å². The summed E-state index contributed by atoms with van der Waals surface area (Å²) in [5.41, 5.74) is 2.77. The first-order chi connectivity index (χ1) is 19.2. The van der Waals surface area contributed by atoms with E-state index in [2.05, 4.69) is 10.6 Å². The summed E-state index contributed by atoms with van der Waals surface area (Å²) < 4.78 is 0. The highest BCUT2D eigenvalue weighted by Gasteiger charge is 2.55. The topological polar surface area (TPSA) is 116 Å². The molecule has 0 unspecified atom stereocenters. The molecule has 0 spiro atoms. The number of carbonyl (C=O) groups excluding carboxylic acids is 5. The molecule has 0 aromatic heterocycles. The van der Waals surface area contributed by atoms with Gasteiger partial charge in [0, 0.05) is 49.3 Å². The monoisotopic (exact) mass is 546 g/mol. The maximum Gasteiger partial charge on any atom is 0.230 e. The fourth-order valence-electron chi connectivity index (χ4n) is 5.89. The number of carbonyl (C=O) groups is 5. The molecule has 3 fully saturated rings. The summed E-state index contributed by atoms with van der Waals surface area (Å²) in [5, 5.41) is 6.21. The second-order valence-corrected chi connectivity index (χ2v) is 11.2. The van der Waals surface area contributed by atoms with Gasteiger partial charge in [0.1, 0.15) is 0 Å². The highest BCUT2D eigenvalue weighted by Crippen LogP contribution is 2.57. The van der Waals surface area contributed by atoms with Crippen molar-refractivity contribution < 1.29 is 24.0 Å². The largest absolute Gasteiger partial charge is 0.355 e. The third-order valence-corrected chi connectivity index (χ3v) is 8.80. The fraction of sp³-hybridized carbons (Fsp3) is 0.452. The van der Waals surface area contributed by atoms with E-state index < -0.39 is 10.8 Å². The van der Waals surface area contributed by atoms with Crippen molar-refractivity contribution in [2.24, 2.45) is 10.8 Å². The first kappa shape index (κ1) is 29.0. The summed E-state index contributed by atoms with van der Waals surface area (Å²) in [6.45, 7) is 2.22. The molecule has 0 radical (unpaired) electrons. The molecule has 2 N–H and O–H groups in total. The van der Waals surface area contributed by atoms with E-state index >= 15 is 0 Å². The van der Waals surface area contributed by atoms with Gasteiger partial charge in [-0.1, -0.05) is 24.3 Å². The van der Waals surface area contributed by atoms with Crippen LogP contribution in [0.3, 0.4) is 0 Å². The van der Waals surface area contributed by atoms with Gasteiger partial charge in [-0.05, 0) is 86.8 Å². The van der Waals surface area contributed by atoms with Gasteiger partial charge in [0.25, 0.3) is 0 Å². The third-order valence-electron chi connectivity index (χ3n) is 8.80. The predicted molar refractivity (Wildman–Crippen MR) is 152 cm³/mol. The Hall–Kier alpha value is -4.01. The van der Waals surface area contributed by atoms with E-state index in [-0.39, 0.29) is 17.7 Å². The lowest BCUT2D eigenvalue weighted by molar-refractivity contribution is -0.147. The van der Waals surface area contributed by atoms with Gasteiger partial charge in [-0.25, -0.2) is 0 Å². The number of imide groups is 1. The lowest BCUT2D eigenvalue weighted by Gasteiger charge is -2.51. The molecule has 2 aromatic carbocycles. The molecule has 0 saturated heterocycles. The van der Waals surface area contributed by atoms with Crippen molar-refractivity contribution in [1.29, 1.82) is 0 Å². The minimum atomic E-state index is -0.441. The molecule has 5 amide bonds. The van der Waals surface area contributed by atoms with Crippen LogP contribution < -0.4 is 15.5 Å². The van der Waals surface area contributed by atoms with E-state index in [1.54, 1.807) is 7.05 Å². The molecule has 2 bridgehead atoms. The van der Waals surface area contributed by atoms with E-state index in [0.29, 0.717) is 76.6 Å².